The molecule has 1 aromatic carbocycles. The van der Waals surface area contributed by atoms with Crippen LogP contribution in [0, 0.1) is 11.3 Å². The average molecular weight is 412 g/mol. The minimum absolute atomic E-state index is 0.0195. The largest absolute Gasteiger partial charge is 0.381 e. The van der Waals surface area contributed by atoms with Crippen LogP contribution in [-0.2, 0) is 20.7 Å². The second-order valence-electron chi connectivity index (χ2n) is 8.89. The molecule has 2 amide bonds. The van der Waals surface area contributed by atoms with Gasteiger partial charge in [0.15, 0.2) is 0 Å². The van der Waals surface area contributed by atoms with Gasteiger partial charge in [-0.2, -0.15) is 0 Å². The number of fused-ring (bicyclic) bond motifs is 1. The standard InChI is InChI=1S/C24H33N3O3/c28-22-21(16-18-6-2-1-3-7-18)27-23(29)24(11-14-30-15-12-24)10-5-4-8-19-17-25-13-9-20(19)26-22/h1-7,19-21,25H,8-17H2,(H,26,28)(H,27,29)/t19-,20-,21-/m1/s1. The smallest absolute Gasteiger partial charge is 0.243 e. The van der Waals surface area contributed by atoms with Crippen molar-refractivity contribution in [3.8, 4) is 0 Å². The molecule has 6 nitrogen and oxygen atoms in total. The third kappa shape index (κ3) is 4.93. The lowest BCUT2D eigenvalue weighted by Crippen LogP contribution is -2.57. The van der Waals surface area contributed by atoms with Crippen molar-refractivity contribution in [3.63, 3.8) is 0 Å². The van der Waals surface area contributed by atoms with Gasteiger partial charge in [0.2, 0.25) is 11.8 Å². The zero-order chi connectivity index (χ0) is 20.8. The zero-order valence-corrected chi connectivity index (χ0v) is 17.6. The van der Waals surface area contributed by atoms with E-state index in [0.29, 0.717) is 44.8 Å². The van der Waals surface area contributed by atoms with E-state index in [9.17, 15) is 9.59 Å². The highest BCUT2D eigenvalue weighted by Crippen LogP contribution is 2.35. The molecule has 0 aliphatic carbocycles. The maximum absolute atomic E-state index is 13.4. The van der Waals surface area contributed by atoms with E-state index in [1.807, 2.05) is 30.3 Å². The van der Waals surface area contributed by atoms with Crippen molar-refractivity contribution in [1.82, 2.24) is 16.0 Å². The van der Waals surface area contributed by atoms with Gasteiger partial charge in [-0.25, -0.2) is 0 Å². The van der Waals surface area contributed by atoms with Crippen LogP contribution < -0.4 is 16.0 Å². The summed E-state index contributed by atoms with van der Waals surface area (Å²) in [5.74, 6) is 0.280. The third-order valence-corrected chi connectivity index (χ3v) is 6.89. The predicted octanol–water partition coefficient (Wildman–Crippen LogP) is 1.95. The van der Waals surface area contributed by atoms with Crippen LogP contribution in [0.5, 0.6) is 0 Å². The van der Waals surface area contributed by atoms with Crippen molar-refractivity contribution >= 4 is 11.8 Å². The summed E-state index contributed by atoms with van der Waals surface area (Å²) in [4.78, 5) is 26.8. The summed E-state index contributed by atoms with van der Waals surface area (Å²) in [5.41, 5.74) is 0.556. The summed E-state index contributed by atoms with van der Waals surface area (Å²) in [6, 6.07) is 9.49. The summed E-state index contributed by atoms with van der Waals surface area (Å²) in [7, 11) is 0. The molecule has 4 rings (SSSR count). The quantitative estimate of drug-likeness (QED) is 0.650. The van der Waals surface area contributed by atoms with Crippen molar-refractivity contribution in [2.75, 3.05) is 26.3 Å². The van der Waals surface area contributed by atoms with Gasteiger partial charge in [-0.15, -0.1) is 0 Å². The maximum atomic E-state index is 13.4. The van der Waals surface area contributed by atoms with Crippen molar-refractivity contribution in [2.45, 2.75) is 50.6 Å². The zero-order valence-electron chi connectivity index (χ0n) is 17.6. The lowest BCUT2D eigenvalue weighted by atomic mass is 9.75. The molecule has 0 saturated carbocycles. The Kier molecular flexibility index (Phi) is 6.85. The number of ether oxygens (including phenoxy) is 1. The number of benzene rings is 1. The van der Waals surface area contributed by atoms with Crippen molar-refractivity contribution in [3.05, 3.63) is 48.0 Å². The van der Waals surface area contributed by atoms with Gasteiger partial charge in [-0.1, -0.05) is 42.5 Å². The maximum Gasteiger partial charge on any atom is 0.243 e. The van der Waals surface area contributed by atoms with Crippen molar-refractivity contribution in [2.24, 2.45) is 11.3 Å². The van der Waals surface area contributed by atoms with E-state index >= 15 is 0 Å². The Labute approximate surface area is 178 Å². The fourth-order valence-corrected chi connectivity index (χ4v) is 4.88. The average Bonchev–Trinajstić information content (AvgIpc) is 2.78. The van der Waals surface area contributed by atoms with Crippen LogP contribution >= 0.6 is 0 Å². The number of hydrogen-bond donors (Lipinski definition) is 3. The first-order chi connectivity index (χ1) is 14.7. The number of nitrogens with one attached hydrogen (secondary N) is 3. The Balaban J connectivity index is 1.61. The lowest BCUT2D eigenvalue weighted by molar-refractivity contribution is -0.140. The highest BCUT2D eigenvalue weighted by atomic mass is 16.5. The van der Waals surface area contributed by atoms with Crippen LogP contribution in [0.15, 0.2) is 42.5 Å². The van der Waals surface area contributed by atoms with E-state index < -0.39 is 11.5 Å². The fraction of sp³-hybridized carbons (Fsp3) is 0.583. The fourth-order valence-electron chi connectivity index (χ4n) is 4.88. The third-order valence-electron chi connectivity index (χ3n) is 6.89. The van der Waals surface area contributed by atoms with E-state index in [-0.39, 0.29) is 17.9 Å². The van der Waals surface area contributed by atoms with E-state index in [4.69, 9.17) is 4.74 Å². The van der Waals surface area contributed by atoms with Gasteiger partial charge in [-0.3, -0.25) is 9.59 Å². The predicted molar refractivity (Wildman–Crippen MR) is 116 cm³/mol. The summed E-state index contributed by atoms with van der Waals surface area (Å²) < 4.78 is 5.54. The first kappa shape index (κ1) is 21.1. The van der Waals surface area contributed by atoms with Crippen LogP contribution in [0.4, 0.5) is 0 Å². The molecule has 0 unspecified atom stereocenters. The molecule has 3 aliphatic rings. The molecule has 0 aromatic heterocycles. The van der Waals surface area contributed by atoms with Gasteiger partial charge in [0.05, 0.1) is 5.41 Å². The summed E-state index contributed by atoms with van der Waals surface area (Å²) in [5, 5.41) is 9.85. The van der Waals surface area contributed by atoms with E-state index in [1.165, 1.54) is 0 Å². The SMILES string of the molecule is O=C1N[C@@H]2CCNC[C@H]2CC=CCC2(CCOCC2)C(=O)N[C@@H]1Cc1ccccc1. The molecule has 0 bridgehead atoms. The van der Waals surface area contributed by atoms with Crippen LogP contribution in [0.25, 0.3) is 0 Å². The van der Waals surface area contributed by atoms with Crippen LogP contribution in [0.2, 0.25) is 0 Å². The molecule has 3 N–H and O–H groups in total. The molecule has 3 aliphatic heterocycles. The Morgan fingerprint density at radius 2 is 1.83 bits per heavy atom. The molecule has 2 fully saturated rings. The lowest BCUT2D eigenvalue weighted by Gasteiger charge is -2.38. The Morgan fingerprint density at radius 3 is 2.63 bits per heavy atom. The van der Waals surface area contributed by atoms with E-state index in [2.05, 4.69) is 28.1 Å². The Morgan fingerprint density at radius 1 is 1.03 bits per heavy atom. The van der Waals surface area contributed by atoms with Crippen molar-refractivity contribution in [1.29, 1.82) is 0 Å². The molecular weight excluding hydrogens is 378 g/mol. The van der Waals surface area contributed by atoms with E-state index in [1.54, 1.807) is 0 Å². The molecule has 1 aromatic rings. The Bertz CT molecular complexity index is 758. The number of rotatable bonds is 2. The first-order valence-corrected chi connectivity index (χ1v) is 11.2. The highest BCUT2D eigenvalue weighted by molar-refractivity contribution is 5.90. The number of hydrogen-bond acceptors (Lipinski definition) is 4. The van der Waals surface area contributed by atoms with Gasteiger partial charge in [0.25, 0.3) is 0 Å². The number of piperidine rings is 1. The number of allylic oxidation sites excluding steroid dienone is 2. The van der Waals surface area contributed by atoms with Crippen LogP contribution in [0.3, 0.4) is 0 Å². The van der Waals surface area contributed by atoms with Crippen LogP contribution in [-0.4, -0.2) is 50.2 Å². The number of carbonyl (C=O) groups is 2. The summed E-state index contributed by atoms with van der Waals surface area (Å²) >= 11 is 0. The van der Waals surface area contributed by atoms with Crippen molar-refractivity contribution < 1.29 is 14.3 Å². The van der Waals surface area contributed by atoms with Crippen LogP contribution in [0.1, 0.15) is 37.7 Å². The second kappa shape index (κ2) is 9.75. The molecule has 2 saturated heterocycles. The molecule has 0 radical (unpaired) electrons. The molecule has 3 heterocycles. The van der Waals surface area contributed by atoms with Gasteiger partial charge >= 0.3 is 0 Å². The number of amides is 2. The summed E-state index contributed by atoms with van der Waals surface area (Å²) in [6.45, 7) is 2.99. The second-order valence-corrected chi connectivity index (χ2v) is 8.89. The van der Waals surface area contributed by atoms with Gasteiger partial charge in [0.1, 0.15) is 6.04 Å². The molecule has 3 atom stereocenters. The minimum atomic E-state index is -0.571. The summed E-state index contributed by atoms with van der Waals surface area (Å²) in [6.07, 6.45) is 8.78. The minimum Gasteiger partial charge on any atom is -0.381 e. The Hall–Kier alpha value is -2.18. The first-order valence-electron chi connectivity index (χ1n) is 11.2. The highest BCUT2D eigenvalue weighted by Gasteiger charge is 2.41. The molecule has 6 heteroatoms. The molecule has 30 heavy (non-hydrogen) atoms. The number of carbonyl (C=O) groups excluding carboxylic acids is 2. The molecule has 1 spiro atoms. The topological polar surface area (TPSA) is 79.5 Å². The van der Waals surface area contributed by atoms with E-state index in [0.717, 1.165) is 31.5 Å². The van der Waals surface area contributed by atoms with Gasteiger partial charge in [0, 0.05) is 32.2 Å². The molecule has 162 valence electrons. The van der Waals surface area contributed by atoms with Gasteiger partial charge < -0.3 is 20.7 Å². The normalized spacial score (nSPS) is 29.8. The monoisotopic (exact) mass is 411 g/mol. The van der Waals surface area contributed by atoms with Gasteiger partial charge in [-0.05, 0) is 50.1 Å². The molecular formula is C24H33N3O3.